The quantitative estimate of drug-likeness (QED) is 0.758. The van der Waals surface area contributed by atoms with E-state index in [9.17, 15) is 4.39 Å². The Kier molecular flexibility index (Phi) is 3.90. The molecule has 2 atom stereocenters. The minimum Gasteiger partial charge on any atom is -0.396 e. The molecule has 72 valence electrons. The van der Waals surface area contributed by atoms with E-state index in [1.54, 1.807) is 0 Å². The first-order valence-electron chi connectivity index (χ1n) is 4.51. The van der Waals surface area contributed by atoms with Crippen molar-refractivity contribution in [3.8, 4) is 0 Å². The third-order valence-electron chi connectivity index (χ3n) is 2.37. The van der Waals surface area contributed by atoms with Crippen molar-refractivity contribution in [2.75, 3.05) is 13.3 Å². The molecule has 0 aliphatic carbocycles. The van der Waals surface area contributed by atoms with Gasteiger partial charge in [0.05, 0.1) is 6.67 Å². The summed E-state index contributed by atoms with van der Waals surface area (Å²) >= 11 is 0. The second-order valence-electron chi connectivity index (χ2n) is 3.33. The number of hydrogen-bond acceptors (Lipinski definition) is 1. The molecule has 0 aliphatic rings. The van der Waals surface area contributed by atoms with Crippen LogP contribution in [0.1, 0.15) is 18.4 Å². The Labute approximate surface area is 78.2 Å². The lowest BCUT2D eigenvalue weighted by atomic mass is 9.89. The number of alkyl halides is 1. The van der Waals surface area contributed by atoms with Crippen LogP contribution in [0.5, 0.6) is 0 Å². The molecular weight excluding hydrogens is 167 g/mol. The van der Waals surface area contributed by atoms with E-state index in [1.807, 2.05) is 37.3 Å². The Morgan fingerprint density at radius 1 is 1.31 bits per heavy atom. The van der Waals surface area contributed by atoms with Gasteiger partial charge in [-0.05, 0) is 11.5 Å². The molecule has 0 heterocycles. The summed E-state index contributed by atoms with van der Waals surface area (Å²) in [6.07, 6.45) is 0. The fourth-order valence-electron chi connectivity index (χ4n) is 1.40. The van der Waals surface area contributed by atoms with E-state index in [4.69, 9.17) is 5.11 Å². The predicted molar refractivity (Wildman–Crippen MR) is 51.4 cm³/mol. The zero-order valence-corrected chi connectivity index (χ0v) is 7.78. The topological polar surface area (TPSA) is 20.2 Å². The van der Waals surface area contributed by atoms with E-state index < -0.39 is 6.67 Å². The molecule has 1 N–H and O–H groups in total. The summed E-state index contributed by atoms with van der Waals surface area (Å²) in [6, 6.07) is 9.49. The predicted octanol–water partition coefficient (Wildman–Crippen LogP) is 2.37. The van der Waals surface area contributed by atoms with Crippen molar-refractivity contribution in [2.24, 2.45) is 5.92 Å². The van der Waals surface area contributed by atoms with E-state index in [2.05, 4.69) is 0 Å². The van der Waals surface area contributed by atoms with Crippen LogP contribution in [-0.4, -0.2) is 18.4 Å². The molecule has 1 rings (SSSR count). The fraction of sp³-hybridized carbons (Fsp3) is 0.455. The molecule has 1 nitrogen and oxygen atoms in total. The highest BCUT2D eigenvalue weighted by Gasteiger charge is 2.17. The van der Waals surface area contributed by atoms with Crippen LogP contribution in [0.25, 0.3) is 0 Å². The minimum absolute atomic E-state index is 0.0209. The lowest BCUT2D eigenvalue weighted by molar-refractivity contribution is 0.201. The molecule has 2 heteroatoms. The average molecular weight is 182 g/mol. The monoisotopic (exact) mass is 182 g/mol. The van der Waals surface area contributed by atoms with Crippen molar-refractivity contribution in [3.63, 3.8) is 0 Å². The van der Waals surface area contributed by atoms with E-state index in [0.717, 1.165) is 5.56 Å². The minimum atomic E-state index is -0.411. The maximum Gasteiger partial charge on any atom is 0.0966 e. The lowest BCUT2D eigenvalue weighted by Crippen LogP contribution is -2.15. The fourth-order valence-corrected chi connectivity index (χ4v) is 1.40. The highest BCUT2D eigenvalue weighted by atomic mass is 19.1. The van der Waals surface area contributed by atoms with Gasteiger partial charge in [0, 0.05) is 12.5 Å². The van der Waals surface area contributed by atoms with Crippen LogP contribution in [-0.2, 0) is 0 Å². The van der Waals surface area contributed by atoms with Gasteiger partial charge in [-0.15, -0.1) is 0 Å². The molecule has 0 saturated heterocycles. The van der Waals surface area contributed by atoms with Gasteiger partial charge in [0.15, 0.2) is 0 Å². The van der Waals surface area contributed by atoms with Crippen molar-refractivity contribution in [1.29, 1.82) is 0 Å². The molecule has 0 fully saturated rings. The standard InChI is InChI=1S/C11H15FO/c1-9(8-13)11(7-12)10-5-3-2-4-6-10/h2-6,9,11,13H,7-8H2,1H3/t9-,11+/m1/s1. The van der Waals surface area contributed by atoms with Crippen molar-refractivity contribution < 1.29 is 9.50 Å². The number of aliphatic hydroxyl groups is 1. The summed E-state index contributed by atoms with van der Waals surface area (Å²) in [5.74, 6) is -0.196. The molecule has 0 unspecified atom stereocenters. The summed E-state index contributed by atoms with van der Waals surface area (Å²) in [5, 5.41) is 8.93. The molecule has 0 radical (unpaired) electrons. The van der Waals surface area contributed by atoms with Crippen LogP contribution in [0.15, 0.2) is 30.3 Å². The SMILES string of the molecule is C[C@H](CO)[C@H](CF)c1ccccc1. The molecule has 0 spiro atoms. The molecule has 0 saturated carbocycles. The maximum atomic E-state index is 12.7. The molecule has 0 amide bonds. The van der Waals surface area contributed by atoms with Crippen LogP contribution in [0.3, 0.4) is 0 Å². The highest BCUT2D eigenvalue weighted by molar-refractivity contribution is 5.20. The molecule has 0 aliphatic heterocycles. The van der Waals surface area contributed by atoms with E-state index in [1.165, 1.54) is 0 Å². The molecule has 1 aromatic carbocycles. The van der Waals surface area contributed by atoms with Crippen LogP contribution in [0.2, 0.25) is 0 Å². The van der Waals surface area contributed by atoms with Crippen molar-refractivity contribution in [2.45, 2.75) is 12.8 Å². The second-order valence-corrected chi connectivity index (χ2v) is 3.33. The molecule has 0 aromatic heterocycles. The Bertz CT molecular complexity index is 235. The van der Waals surface area contributed by atoms with Gasteiger partial charge in [0.25, 0.3) is 0 Å². The summed E-state index contributed by atoms with van der Waals surface area (Å²) < 4.78 is 12.7. The van der Waals surface area contributed by atoms with Gasteiger partial charge >= 0.3 is 0 Å². The van der Waals surface area contributed by atoms with Gasteiger partial charge in [-0.1, -0.05) is 37.3 Å². The first kappa shape index (κ1) is 10.2. The Balaban J connectivity index is 2.78. The van der Waals surface area contributed by atoms with Crippen molar-refractivity contribution in [1.82, 2.24) is 0 Å². The number of rotatable bonds is 4. The van der Waals surface area contributed by atoms with Crippen molar-refractivity contribution >= 4 is 0 Å². The van der Waals surface area contributed by atoms with E-state index >= 15 is 0 Å². The maximum absolute atomic E-state index is 12.7. The van der Waals surface area contributed by atoms with Gasteiger partial charge in [-0.3, -0.25) is 4.39 Å². The third-order valence-corrected chi connectivity index (χ3v) is 2.37. The van der Waals surface area contributed by atoms with Gasteiger partial charge in [0.2, 0.25) is 0 Å². The van der Waals surface area contributed by atoms with E-state index in [-0.39, 0.29) is 18.4 Å². The molecule has 1 aromatic rings. The highest BCUT2D eigenvalue weighted by Crippen LogP contribution is 2.24. The summed E-state index contributed by atoms with van der Waals surface area (Å²) in [6.45, 7) is 1.48. The Morgan fingerprint density at radius 3 is 2.38 bits per heavy atom. The van der Waals surface area contributed by atoms with E-state index in [0.29, 0.717) is 0 Å². The molecule has 13 heavy (non-hydrogen) atoms. The van der Waals surface area contributed by atoms with Crippen LogP contribution >= 0.6 is 0 Å². The van der Waals surface area contributed by atoms with Gasteiger partial charge in [-0.2, -0.15) is 0 Å². The van der Waals surface area contributed by atoms with Crippen molar-refractivity contribution in [3.05, 3.63) is 35.9 Å². The first-order valence-corrected chi connectivity index (χ1v) is 4.51. The Hall–Kier alpha value is -0.890. The molecule has 0 bridgehead atoms. The summed E-state index contributed by atoms with van der Waals surface area (Å²) in [4.78, 5) is 0. The summed E-state index contributed by atoms with van der Waals surface area (Å²) in [5.41, 5.74) is 0.964. The first-order chi connectivity index (χ1) is 6.29. The normalized spacial score (nSPS) is 15.3. The Morgan fingerprint density at radius 2 is 1.92 bits per heavy atom. The van der Waals surface area contributed by atoms with Crippen LogP contribution in [0.4, 0.5) is 4.39 Å². The van der Waals surface area contributed by atoms with Gasteiger partial charge < -0.3 is 5.11 Å². The largest absolute Gasteiger partial charge is 0.396 e. The number of aliphatic hydroxyl groups excluding tert-OH is 1. The smallest absolute Gasteiger partial charge is 0.0966 e. The number of halogens is 1. The van der Waals surface area contributed by atoms with Crippen LogP contribution in [0, 0.1) is 5.92 Å². The zero-order valence-electron chi connectivity index (χ0n) is 7.78. The third kappa shape index (κ3) is 2.52. The second kappa shape index (κ2) is 4.97. The van der Waals surface area contributed by atoms with Gasteiger partial charge in [0.1, 0.15) is 0 Å². The average Bonchev–Trinajstić information content (AvgIpc) is 2.20. The van der Waals surface area contributed by atoms with Gasteiger partial charge in [-0.25, -0.2) is 0 Å². The zero-order chi connectivity index (χ0) is 9.68. The summed E-state index contributed by atoms with van der Waals surface area (Å²) in [7, 11) is 0. The lowest BCUT2D eigenvalue weighted by Gasteiger charge is -2.19. The number of hydrogen-bond donors (Lipinski definition) is 1. The van der Waals surface area contributed by atoms with Crippen LogP contribution < -0.4 is 0 Å². The number of benzene rings is 1. The molecular formula is C11H15FO.